The van der Waals surface area contributed by atoms with Crippen LogP contribution in [0.5, 0.6) is 5.75 Å². The number of ether oxygens (including phenoxy) is 1. The number of fused-ring (bicyclic) bond motifs is 1. The van der Waals surface area contributed by atoms with E-state index in [4.69, 9.17) is 4.74 Å². The third-order valence-corrected chi connectivity index (χ3v) is 4.92. The minimum atomic E-state index is -0.425. The number of hydrogen-bond acceptors (Lipinski definition) is 3. The van der Waals surface area contributed by atoms with Gasteiger partial charge < -0.3 is 9.72 Å². The molecular weight excluding hydrogens is 361 g/mol. The first-order valence-corrected chi connectivity index (χ1v) is 8.64. The minimum absolute atomic E-state index is 0.353. The molecule has 28 heavy (non-hydrogen) atoms. The van der Waals surface area contributed by atoms with Gasteiger partial charge in [0.15, 0.2) is 0 Å². The fraction of sp³-hybridized carbons (Fsp3) is 0.143. The van der Waals surface area contributed by atoms with Crippen LogP contribution in [0.25, 0.3) is 33.4 Å². The number of aromatic nitrogens is 3. The van der Waals surface area contributed by atoms with E-state index in [1.54, 1.807) is 38.4 Å². The van der Waals surface area contributed by atoms with Gasteiger partial charge >= 0.3 is 5.69 Å². The summed E-state index contributed by atoms with van der Waals surface area (Å²) in [6, 6.07) is 13.3. The summed E-state index contributed by atoms with van der Waals surface area (Å²) < 4.78 is 21.1. The summed E-state index contributed by atoms with van der Waals surface area (Å²) in [5.41, 5.74) is 2.37. The molecule has 0 saturated carbocycles. The van der Waals surface area contributed by atoms with Crippen LogP contribution in [0.2, 0.25) is 0 Å². The Balaban J connectivity index is 2.14. The Bertz CT molecular complexity index is 1300. The van der Waals surface area contributed by atoms with Gasteiger partial charge in [0.25, 0.3) is 5.56 Å². The number of hydrogen-bond donors (Lipinski definition) is 1. The van der Waals surface area contributed by atoms with Crippen molar-refractivity contribution in [3.8, 4) is 28.1 Å². The second kappa shape index (κ2) is 6.53. The van der Waals surface area contributed by atoms with E-state index in [2.05, 4.69) is 4.98 Å². The molecule has 2 aromatic heterocycles. The van der Waals surface area contributed by atoms with Crippen LogP contribution in [0, 0.1) is 5.82 Å². The number of benzene rings is 2. The van der Waals surface area contributed by atoms with Gasteiger partial charge in [0.05, 0.1) is 18.2 Å². The molecule has 0 fully saturated rings. The molecule has 4 aromatic rings. The third-order valence-electron chi connectivity index (χ3n) is 4.92. The maximum Gasteiger partial charge on any atom is 0.332 e. The average Bonchev–Trinajstić information content (AvgIpc) is 3.12. The number of H-pyrrole nitrogens is 1. The van der Waals surface area contributed by atoms with Crippen molar-refractivity contribution in [2.75, 3.05) is 7.11 Å². The second-order valence-electron chi connectivity index (χ2n) is 6.54. The topological polar surface area (TPSA) is 69.0 Å². The second-order valence-corrected chi connectivity index (χ2v) is 6.54. The van der Waals surface area contributed by atoms with Gasteiger partial charge in [-0.1, -0.05) is 12.1 Å². The smallest absolute Gasteiger partial charge is 0.332 e. The Kier molecular flexibility index (Phi) is 4.15. The van der Waals surface area contributed by atoms with Crippen LogP contribution in [0.15, 0.2) is 58.1 Å². The molecule has 0 aliphatic carbocycles. The molecule has 0 spiro atoms. The molecule has 2 aromatic carbocycles. The highest BCUT2D eigenvalue weighted by Gasteiger charge is 2.21. The number of aryl methyl sites for hydroxylation is 1. The lowest BCUT2D eigenvalue weighted by molar-refractivity contribution is 0.415. The van der Waals surface area contributed by atoms with Crippen molar-refractivity contribution in [1.82, 2.24) is 14.1 Å². The van der Waals surface area contributed by atoms with Crippen molar-refractivity contribution in [3.63, 3.8) is 0 Å². The number of rotatable bonds is 3. The van der Waals surface area contributed by atoms with Crippen LogP contribution in [0.1, 0.15) is 0 Å². The van der Waals surface area contributed by atoms with Crippen molar-refractivity contribution < 1.29 is 9.13 Å². The molecule has 0 amide bonds. The fourth-order valence-corrected chi connectivity index (χ4v) is 3.40. The Morgan fingerprint density at radius 1 is 0.893 bits per heavy atom. The Labute approximate surface area is 159 Å². The molecule has 7 heteroatoms. The predicted molar refractivity (Wildman–Crippen MR) is 106 cm³/mol. The molecule has 6 nitrogen and oxygen atoms in total. The van der Waals surface area contributed by atoms with E-state index >= 15 is 0 Å². The largest absolute Gasteiger partial charge is 0.497 e. The molecule has 1 N–H and O–H groups in total. The third kappa shape index (κ3) is 2.63. The first-order chi connectivity index (χ1) is 13.4. The van der Waals surface area contributed by atoms with Crippen molar-refractivity contribution >= 4 is 11.0 Å². The summed E-state index contributed by atoms with van der Waals surface area (Å²) in [6.45, 7) is 0. The van der Waals surface area contributed by atoms with Crippen molar-refractivity contribution in [2.45, 2.75) is 0 Å². The summed E-state index contributed by atoms with van der Waals surface area (Å²) >= 11 is 0. The van der Waals surface area contributed by atoms with Crippen LogP contribution in [-0.4, -0.2) is 21.2 Å². The number of nitrogens with zero attached hydrogens (tertiary/aromatic N) is 2. The van der Waals surface area contributed by atoms with Crippen molar-refractivity contribution in [3.05, 3.63) is 75.2 Å². The standard InChI is InChI=1S/C21H18FN3O3/c1-24-19-17(20(26)25(2)21(24)27)16(12-6-10-15(28-3)11-7-12)18(23-19)13-4-8-14(22)9-5-13/h4-11,23H,1-3H3. The summed E-state index contributed by atoms with van der Waals surface area (Å²) in [5, 5.41) is 0.397. The fourth-order valence-electron chi connectivity index (χ4n) is 3.40. The zero-order valence-electron chi connectivity index (χ0n) is 15.6. The van der Waals surface area contributed by atoms with E-state index in [1.807, 2.05) is 12.1 Å². The monoisotopic (exact) mass is 379 g/mol. The van der Waals surface area contributed by atoms with E-state index in [1.165, 1.54) is 23.7 Å². The molecule has 142 valence electrons. The van der Waals surface area contributed by atoms with E-state index in [0.29, 0.717) is 33.6 Å². The number of methoxy groups -OCH3 is 1. The molecule has 4 rings (SSSR count). The SMILES string of the molecule is COc1ccc(-c2c(-c3ccc(F)cc3)[nH]c3c2c(=O)n(C)c(=O)n3C)cc1. The lowest BCUT2D eigenvalue weighted by atomic mass is 9.99. The molecule has 2 heterocycles. The van der Waals surface area contributed by atoms with E-state index in [-0.39, 0.29) is 5.82 Å². The van der Waals surface area contributed by atoms with Gasteiger partial charge in [-0.3, -0.25) is 13.9 Å². The molecule has 0 unspecified atom stereocenters. The maximum absolute atomic E-state index is 13.4. The van der Waals surface area contributed by atoms with Gasteiger partial charge in [0, 0.05) is 19.7 Å². The molecular formula is C21H18FN3O3. The summed E-state index contributed by atoms with van der Waals surface area (Å²) in [4.78, 5) is 28.5. The van der Waals surface area contributed by atoms with Gasteiger partial charge in [-0.05, 0) is 47.5 Å². The van der Waals surface area contributed by atoms with Crippen LogP contribution >= 0.6 is 0 Å². The molecule has 0 atom stereocenters. The highest BCUT2D eigenvalue weighted by molar-refractivity contribution is 6.02. The van der Waals surface area contributed by atoms with E-state index in [9.17, 15) is 14.0 Å². The van der Waals surface area contributed by atoms with Gasteiger partial charge in [0.2, 0.25) is 0 Å². The molecule has 0 bridgehead atoms. The Morgan fingerprint density at radius 2 is 1.50 bits per heavy atom. The Hall–Kier alpha value is -3.61. The zero-order chi connectivity index (χ0) is 20.0. The first kappa shape index (κ1) is 17.8. The molecule has 0 radical (unpaired) electrons. The predicted octanol–water partition coefficient (Wildman–Crippen LogP) is 3.05. The summed E-state index contributed by atoms with van der Waals surface area (Å²) in [6.07, 6.45) is 0. The molecule has 0 saturated heterocycles. The number of aromatic amines is 1. The van der Waals surface area contributed by atoms with E-state index < -0.39 is 11.2 Å². The van der Waals surface area contributed by atoms with Crippen molar-refractivity contribution in [2.24, 2.45) is 14.1 Å². The zero-order valence-corrected chi connectivity index (χ0v) is 15.6. The highest BCUT2D eigenvalue weighted by atomic mass is 19.1. The maximum atomic E-state index is 13.4. The average molecular weight is 379 g/mol. The lowest BCUT2D eigenvalue weighted by Gasteiger charge is -2.07. The molecule has 0 aliphatic heterocycles. The quantitative estimate of drug-likeness (QED) is 0.595. The normalized spacial score (nSPS) is 11.1. The number of halogens is 1. The Morgan fingerprint density at radius 3 is 2.11 bits per heavy atom. The number of nitrogens with one attached hydrogen (secondary N) is 1. The van der Waals surface area contributed by atoms with Crippen LogP contribution in [-0.2, 0) is 14.1 Å². The van der Waals surface area contributed by atoms with E-state index in [0.717, 1.165) is 10.1 Å². The lowest BCUT2D eigenvalue weighted by Crippen LogP contribution is -2.36. The highest BCUT2D eigenvalue weighted by Crippen LogP contribution is 2.37. The van der Waals surface area contributed by atoms with Crippen molar-refractivity contribution in [1.29, 1.82) is 0 Å². The van der Waals surface area contributed by atoms with Gasteiger partial charge in [-0.25, -0.2) is 9.18 Å². The van der Waals surface area contributed by atoms with Gasteiger partial charge in [-0.15, -0.1) is 0 Å². The summed E-state index contributed by atoms with van der Waals surface area (Å²) in [7, 11) is 4.63. The van der Waals surface area contributed by atoms with Crippen LogP contribution in [0.4, 0.5) is 4.39 Å². The minimum Gasteiger partial charge on any atom is -0.497 e. The first-order valence-electron chi connectivity index (χ1n) is 8.64. The van der Waals surface area contributed by atoms with Gasteiger partial charge in [0.1, 0.15) is 17.2 Å². The van der Waals surface area contributed by atoms with Crippen LogP contribution < -0.4 is 16.0 Å². The molecule has 0 aliphatic rings. The summed E-state index contributed by atoms with van der Waals surface area (Å²) in [5.74, 6) is 0.335. The van der Waals surface area contributed by atoms with Gasteiger partial charge in [-0.2, -0.15) is 0 Å². The van der Waals surface area contributed by atoms with Crippen LogP contribution in [0.3, 0.4) is 0 Å².